The first-order valence-electron chi connectivity index (χ1n) is 9.32. The number of ether oxygens (including phenoxy) is 1. The topological polar surface area (TPSA) is 79.5 Å². The fraction of sp³-hybridized carbons (Fsp3) is 0.333. The van der Waals surface area contributed by atoms with Crippen molar-refractivity contribution in [2.75, 3.05) is 25.1 Å². The zero-order valence-electron chi connectivity index (χ0n) is 15.5. The zero-order valence-corrected chi connectivity index (χ0v) is 17.1. The molecular formula is C21H24BrN3O3. The molecule has 1 saturated heterocycles. The molecule has 2 aromatic rings. The highest BCUT2D eigenvalue weighted by Gasteiger charge is 2.35. The smallest absolute Gasteiger partial charge is 0.319 e. The number of para-hydroxylation sites is 1. The SMILES string of the molecule is O=C(CCNC(=O)Nc1ccccc1)NC1(c2cccc(Br)c2)CCOCC1. The van der Waals surface area contributed by atoms with Crippen LogP contribution in [-0.2, 0) is 15.1 Å². The van der Waals surface area contributed by atoms with Crippen LogP contribution >= 0.6 is 15.9 Å². The Bertz CT molecular complexity index is 808. The van der Waals surface area contributed by atoms with Gasteiger partial charge in [-0.3, -0.25) is 4.79 Å². The van der Waals surface area contributed by atoms with E-state index in [1.807, 2.05) is 42.5 Å². The molecule has 7 heteroatoms. The lowest BCUT2D eigenvalue weighted by Gasteiger charge is -2.38. The number of rotatable bonds is 6. The average molecular weight is 446 g/mol. The minimum absolute atomic E-state index is 0.0955. The summed E-state index contributed by atoms with van der Waals surface area (Å²) in [7, 11) is 0. The van der Waals surface area contributed by atoms with Gasteiger partial charge in [-0.15, -0.1) is 0 Å². The molecule has 0 radical (unpaired) electrons. The van der Waals surface area contributed by atoms with Gasteiger partial charge in [-0.1, -0.05) is 46.3 Å². The molecule has 148 valence electrons. The molecule has 0 bridgehead atoms. The second-order valence-corrected chi connectivity index (χ2v) is 7.67. The first-order chi connectivity index (χ1) is 13.6. The molecule has 0 unspecified atom stereocenters. The van der Waals surface area contributed by atoms with Crippen LogP contribution in [0.3, 0.4) is 0 Å². The minimum Gasteiger partial charge on any atom is -0.381 e. The maximum Gasteiger partial charge on any atom is 0.319 e. The van der Waals surface area contributed by atoms with Crippen molar-refractivity contribution in [3.05, 3.63) is 64.6 Å². The molecule has 3 amide bonds. The Morgan fingerprint density at radius 3 is 2.50 bits per heavy atom. The number of hydrogen-bond acceptors (Lipinski definition) is 3. The Kier molecular flexibility index (Phi) is 7.06. The van der Waals surface area contributed by atoms with Gasteiger partial charge in [0.25, 0.3) is 0 Å². The quantitative estimate of drug-likeness (QED) is 0.632. The number of carbonyl (C=O) groups excluding carboxylic acids is 2. The van der Waals surface area contributed by atoms with Gasteiger partial charge in [0.1, 0.15) is 0 Å². The summed E-state index contributed by atoms with van der Waals surface area (Å²) in [5, 5.41) is 8.64. The lowest BCUT2D eigenvalue weighted by molar-refractivity contribution is -0.124. The number of amides is 3. The largest absolute Gasteiger partial charge is 0.381 e. The third kappa shape index (κ3) is 5.56. The number of nitrogens with one attached hydrogen (secondary N) is 3. The Hall–Kier alpha value is -2.38. The van der Waals surface area contributed by atoms with Gasteiger partial charge in [0.2, 0.25) is 5.91 Å². The van der Waals surface area contributed by atoms with E-state index in [0.29, 0.717) is 18.9 Å². The van der Waals surface area contributed by atoms with Gasteiger partial charge < -0.3 is 20.7 Å². The summed E-state index contributed by atoms with van der Waals surface area (Å²) in [6, 6.07) is 16.9. The van der Waals surface area contributed by atoms with E-state index in [1.54, 1.807) is 12.1 Å². The van der Waals surface area contributed by atoms with Crippen LogP contribution in [0.4, 0.5) is 10.5 Å². The maximum absolute atomic E-state index is 12.6. The van der Waals surface area contributed by atoms with E-state index in [0.717, 1.165) is 22.9 Å². The van der Waals surface area contributed by atoms with E-state index < -0.39 is 5.54 Å². The molecule has 1 fully saturated rings. The summed E-state index contributed by atoms with van der Waals surface area (Å²) >= 11 is 3.51. The Morgan fingerprint density at radius 2 is 1.79 bits per heavy atom. The monoisotopic (exact) mass is 445 g/mol. The van der Waals surface area contributed by atoms with Gasteiger partial charge in [0, 0.05) is 36.3 Å². The van der Waals surface area contributed by atoms with Gasteiger partial charge in [-0.2, -0.15) is 0 Å². The molecule has 0 spiro atoms. The third-order valence-corrected chi connectivity index (χ3v) is 5.26. The summed E-state index contributed by atoms with van der Waals surface area (Å²) in [4.78, 5) is 24.5. The first-order valence-corrected chi connectivity index (χ1v) is 10.1. The van der Waals surface area contributed by atoms with E-state index in [4.69, 9.17) is 4.74 Å². The maximum atomic E-state index is 12.6. The predicted octanol–water partition coefficient (Wildman–Crippen LogP) is 3.78. The van der Waals surface area contributed by atoms with Crippen molar-refractivity contribution in [1.29, 1.82) is 0 Å². The highest BCUT2D eigenvalue weighted by Crippen LogP contribution is 2.33. The average Bonchev–Trinajstić information content (AvgIpc) is 2.69. The number of hydrogen-bond donors (Lipinski definition) is 3. The molecule has 2 aromatic carbocycles. The van der Waals surface area contributed by atoms with Crippen LogP contribution in [0.5, 0.6) is 0 Å². The van der Waals surface area contributed by atoms with E-state index in [9.17, 15) is 9.59 Å². The number of benzene rings is 2. The fourth-order valence-electron chi connectivity index (χ4n) is 3.31. The normalized spacial score (nSPS) is 15.5. The van der Waals surface area contributed by atoms with Crippen molar-refractivity contribution in [1.82, 2.24) is 10.6 Å². The molecule has 0 atom stereocenters. The lowest BCUT2D eigenvalue weighted by atomic mass is 9.82. The van der Waals surface area contributed by atoms with Crippen LogP contribution in [0.1, 0.15) is 24.8 Å². The third-order valence-electron chi connectivity index (χ3n) is 4.77. The molecule has 0 aromatic heterocycles. The molecule has 0 aliphatic carbocycles. The van der Waals surface area contributed by atoms with Crippen molar-refractivity contribution in [2.24, 2.45) is 0 Å². The molecule has 1 heterocycles. The van der Waals surface area contributed by atoms with Gasteiger partial charge >= 0.3 is 6.03 Å². The highest BCUT2D eigenvalue weighted by atomic mass is 79.9. The van der Waals surface area contributed by atoms with Crippen LogP contribution in [-0.4, -0.2) is 31.7 Å². The van der Waals surface area contributed by atoms with E-state index in [-0.39, 0.29) is 24.9 Å². The van der Waals surface area contributed by atoms with E-state index in [1.165, 1.54) is 0 Å². The van der Waals surface area contributed by atoms with Crippen molar-refractivity contribution in [2.45, 2.75) is 24.8 Å². The zero-order chi connectivity index (χ0) is 19.8. The number of urea groups is 1. The molecule has 28 heavy (non-hydrogen) atoms. The van der Waals surface area contributed by atoms with Crippen LogP contribution in [0.15, 0.2) is 59.1 Å². The summed E-state index contributed by atoms with van der Waals surface area (Å²) in [5.74, 6) is -0.0955. The van der Waals surface area contributed by atoms with Crippen molar-refractivity contribution in [3.8, 4) is 0 Å². The predicted molar refractivity (Wildman–Crippen MR) is 112 cm³/mol. The fourth-order valence-corrected chi connectivity index (χ4v) is 3.71. The van der Waals surface area contributed by atoms with Crippen LogP contribution in [0, 0.1) is 0 Å². The Morgan fingerprint density at radius 1 is 1.04 bits per heavy atom. The van der Waals surface area contributed by atoms with Crippen molar-refractivity contribution in [3.63, 3.8) is 0 Å². The molecule has 0 saturated carbocycles. The Labute approximate surface area is 173 Å². The van der Waals surface area contributed by atoms with E-state index in [2.05, 4.69) is 31.9 Å². The lowest BCUT2D eigenvalue weighted by Crippen LogP contribution is -2.50. The van der Waals surface area contributed by atoms with Gasteiger partial charge in [-0.25, -0.2) is 4.79 Å². The Balaban J connectivity index is 1.53. The molecular weight excluding hydrogens is 422 g/mol. The van der Waals surface area contributed by atoms with Gasteiger partial charge in [-0.05, 0) is 42.7 Å². The highest BCUT2D eigenvalue weighted by molar-refractivity contribution is 9.10. The van der Waals surface area contributed by atoms with Gasteiger partial charge in [0.15, 0.2) is 0 Å². The summed E-state index contributed by atoms with van der Waals surface area (Å²) in [5.41, 5.74) is 1.33. The molecule has 6 nitrogen and oxygen atoms in total. The van der Waals surface area contributed by atoms with Crippen molar-refractivity contribution < 1.29 is 14.3 Å². The van der Waals surface area contributed by atoms with Crippen molar-refractivity contribution >= 4 is 33.6 Å². The number of carbonyl (C=O) groups is 2. The molecule has 1 aliphatic heterocycles. The van der Waals surface area contributed by atoms with Crippen LogP contribution in [0.25, 0.3) is 0 Å². The standard InChI is InChI=1S/C21H24BrN3O3/c22-17-6-4-5-16(15-17)21(10-13-28-14-11-21)25-19(26)9-12-23-20(27)24-18-7-2-1-3-8-18/h1-8,15H,9-14H2,(H,25,26)(H2,23,24,27). The van der Waals surface area contributed by atoms with Crippen LogP contribution in [0.2, 0.25) is 0 Å². The first kappa shape index (κ1) is 20.4. The number of anilines is 1. The summed E-state index contributed by atoms with van der Waals surface area (Å²) in [6.07, 6.45) is 1.65. The summed E-state index contributed by atoms with van der Waals surface area (Å²) in [6.45, 7) is 1.46. The second kappa shape index (κ2) is 9.71. The molecule has 3 N–H and O–H groups in total. The molecule has 3 rings (SSSR count). The van der Waals surface area contributed by atoms with Crippen LogP contribution < -0.4 is 16.0 Å². The molecule has 1 aliphatic rings. The van der Waals surface area contributed by atoms with Gasteiger partial charge in [0.05, 0.1) is 5.54 Å². The summed E-state index contributed by atoms with van der Waals surface area (Å²) < 4.78 is 6.48. The number of halogens is 1. The minimum atomic E-state index is -0.439. The second-order valence-electron chi connectivity index (χ2n) is 6.75. The van der Waals surface area contributed by atoms with E-state index >= 15 is 0 Å².